The van der Waals surface area contributed by atoms with Gasteiger partial charge in [-0.25, -0.2) is 9.37 Å². The van der Waals surface area contributed by atoms with Crippen molar-refractivity contribution < 1.29 is 9.18 Å². The molecule has 2 aromatic heterocycles. The van der Waals surface area contributed by atoms with Crippen LogP contribution in [0.2, 0.25) is 10.0 Å². The van der Waals surface area contributed by atoms with Crippen LogP contribution in [0.25, 0.3) is 16.2 Å². The lowest BCUT2D eigenvalue weighted by molar-refractivity contribution is -0.115. The molecule has 4 aromatic rings. The molecule has 0 spiro atoms. The molecule has 0 aliphatic carbocycles. The van der Waals surface area contributed by atoms with E-state index in [1.54, 1.807) is 30.3 Å². The number of nitrogens with zero attached hydrogens (tertiary/aromatic N) is 2. The van der Waals surface area contributed by atoms with Crippen molar-refractivity contribution in [2.75, 3.05) is 5.32 Å². The maximum atomic E-state index is 13.1. The number of carbonyl (C=O) groups excluding carboxylic acids is 1. The van der Waals surface area contributed by atoms with Gasteiger partial charge in [-0.15, -0.1) is 11.3 Å². The van der Waals surface area contributed by atoms with Crippen LogP contribution in [0.5, 0.6) is 0 Å². The number of hydrogen-bond donors (Lipinski definition) is 1. The highest BCUT2D eigenvalue weighted by atomic mass is 35.5. The Balaban J connectivity index is 1.55. The average Bonchev–Trinajstić information content (AvgIpc) is 3.20. The predicted molar refractivity (Wildman–Crippen MR) is 107 cm³/mol. The van der Waals surface area contributed by atoms with E-state index in [2.05, 4.69) is 10.3 Å². The summed E-state index contributed by atoms with van der Waals surface area (Å²) in [5.74, 6) is -0.492. The molecule has 1 amide bonds. The van der Waals surface area contributed by atoms with E-state index in [9.17, 15) is 9.18 Å². The molecule has 0 radical (unpaired) electrons. The van der Waals surface area contributed by atoms with Gasteiger partial charge >= 0.3 is 0 Å². The molecule has 0 aliphatic rings. The number of thiazole rings is 1. The highest BCUT2D eigenvalue weighted by Crippen LogP contribution is 2.27. The van der Waals surface area contributed by atoms with Crippen molar-refractivity contribution in [1.29, 1.82) is 0 Å². The summed E-state index contributed by atoms with van der Waals surface area (Å²) in [5.41, 5.74) is 2.86. The summed E-state index contributed by atoms with van der Waals surface area (Å²) in [6.45, 7) is 0. The minimum Gasteiger partial charge on any atom is -0.324 e. The Bertz CT molecular complexity index is 1140. The fourth-order valence-corrected chi connectivity index (χ4v) is 3.99. The average molecular weight is 420 g/mol. The molecule has 0 fully saturated rings. The zero-order chi connectivity index (χ0) is 19.0. The molecule has 0 aliphatic heterocycles. The van der Waals surface area contributed by atoms with Gasteiger partial charge in [-0.3, -0.25) is 9.20 Å². The Labute approximate surface area is 168 Å². The molecule has 136 valence electrons. The third kappa shape index (κ3) is 3.83. The third-order valence-corrected chi connectivity index (χ3v) is 5.41. The molecule has 0 atom stereocenters. The summed E-state index contributed by atoms with van der Waals surface area (Å²) < 4.78 is 15.0. The molecule has 0 unspecified atom stereocenters. The Kier molecular flexibility index (Phi) is 4.86. The van der Waals surface area contributed by atoms with Crippen LogP contribution >= 0.6 is 34.5 Å². The SMILES string of the molecule is O=C(Cc1csc2nc(-c3ccc(F)cc3)cn12)Nc1ccc(Cl)cc1Cl. The van der Waals surface area contributed by atoms with Crippen LogP contribution in [0.1, 0.15) is 5.69 Å². The number of halogens is 3. The molecule has 1 N–H and O–H groups in total. The van der Waals surface area contributed by atoms with Crippen molar-refractivity contribution in [1.82, 2.24) is 9.38 Å². The van der Waals surface area contributed by atoms with Crippen molar-refractivity contribution >= 4 is 51.1 Å². The highest BCUT2D eigenvalue weighted by molar-refractivity contribution is 7.15. The quantitative estimate of drug-likeness (QED) is 0.461. The monoisotopic (exact) mass is 419 g/mol. The van der Waals surface area contributed by atoms with E-state index < -0.39 is 0 Å². The van der Waals surface area contributed by atoms with Crippen LogP contribution < -0.4 is 5.32 Å². The molecule has 0 bridgehead atoms. The molecular weight excluding hydrogens is 408 g/mol. The molecule has 0 saturated heterocycles. The lowest BCUT2D eigenvalue weighted by Gasteiger charge is -2.07. The lowest BCUT2D eigenvalue weighted by atomic mass is 10.2. The van der Waals surface area contributed by atoms with Gasteiger partial charge in [-0.2, -0.15) is 0 Å². The Morgan fingerprint density at radius 2 is 1.96 bits per heavy atom. The molecule has 4 nitrogen and oxygen atoms in total. The lowest BCUT2D eigenvalue weighted by Crippen LogP contribution is -2.15. The second-order valence-electron chi connectivity index (χ2n) is 5.86. The number of aromatic nitrogens is 2. The molecule has 27 heavy (non-hydrogen) atoms. The van der Waals surface area contributed by atoms with E-state index in [0.29, 0.717) is 15.7 Å². The normalized spacial score (nSPS) is 11.1. The summed E-state index contributed by atoms with van der Waals surface area (Å²) in [7, 11) is 0. The van der Waals surface area contributed by atoms with E-state index in [1.165, 1.54) is 23.5 Å². The van der Waals surface area contributed by atoms with Gasteiger partial charge in [-0.05, 0) is 42.5 Å². The van der Waals surface area contributed by atoms with Crippen LogP contribution in [-0.4, -0.2) is 15.3 Å². The van der Waals surface area contributed by atoms with Crippen molar-refractivity contribution in [2.24, 2.45) is 0 Å². The van der Waals surface area contributed by atoms with Crippen molar-refractivity contribution in [3.63, 3.8) is 0 Å². The largest absolute Gasteiger partial charge is 0.324 e. The van der Waals surface area contributed by atoms with E-state index in [0.717, 1.165) is 21.9 Å². The number of carbonyl (C=O) groups is 1. The maximum absolute atomic E-state index is 13.1. The Morgan fingerprint density at radius 1 is 1.19 bits per heavy atom. The van der Waals surface area contributed by atoms with Gasteiger partial charge in [0, 0.05) is 27.9 Å². The first-order valence-electron chi connectivity index (χ1n) is 7.96. The summed E-state index contributed by atoms with van der Waals surface area (Å²) >= 11 is 13.4. The fraction of sp³-hybridized carbons (Fsp3) is 0.0526. The molecule has 4 rings (SSSR count). The van der Waals surface area contributed by atoms with Gasteiger partial charge < -0.3 is 5.32 Å². The van der Waals surface area contributed by atoms with Gasteiger partial charge in [0.05, 0.1) is 22.8 Å². The maximum Gasteiger partial charge on any atom is 0.230 e. The topological polar surface area (TPSA) is 46.4 Å². The third-order valence-electron chi connectivity index (χ3n) is 3.97. The van der Waals surface area contributed by atoms with Crippen LogP contribution in [0.3, 0.4) is 0 Å². The van der Waals surface area contributed by atoms with Crippen LogP contribution in [0.15, 0.2) is 54.0 Å². The number of anilines is 1. The van der Waals surface area contributed by atoms with Gasteiger partial charge in [0.15, 0.2) is 4.96 Å². The van der Waals surface area contributed by atoms with Crippen LogP contribution in [-0.2, 0) is 11.2 Å². The molecule has 2 aromatic carbocycles. The minimum absolute atomic E-state index is 0.165. The second kappa shape index (κ2) is 7.31. The van der Waals surface area contributed by atoms with E-state index in [-0.39, 0.29) is 18.1 Å². The van der Waals surface area contributed by atoms with Gasteiger partial charge in [0.25, 0.3) is 0 Å². The van der Waals surface area contributed by atoms with E-state index in [1.807, 2.05) is 16.0 Å². The molecule has 8 heteroatoms. The molecular formula is C19H12Cl2FN3OS. The number of benzene rings is 2. The number of imidazole rings is 1. The first kappa shape index (κ1) is 18.0. The fourth-order valence-electron chi connectivity index (χ4n) is 2.67. The van der Waals surface area contributed by atoms with Crippen LogP contribution in [0.4, 0.5) is 10.1 Å². The summed E-state index contributed by atoms with van der Waals surface area (Å²) in [4.78, 5) is 17.7. The van der Waals surface area contributed by atoms with Crippen molar-refractivity contribution in [3.05, 3.63) is 75.6 Å². The standard InChI is InChI=1S/C19H12Cl2FN3OS/c20-12-3-6-16(15(21)7-12)23-18(26)8-14-10-27-19-24-17(9-25(14)19)11-1-4-13(22)5-2-11/h1-7,9-10H,8H2,(H,23,26). The van der Waals surface area contributed by atoms with Gasteiger partial charge in [-0.1, -0.05) is 23.2 Å². The zero-order valence-electron chi connectivity index (χ0n) is 13.7. The second-order valence-corrected chi connectivity index (χ2v) is 7.54. The first-order valence-corrected chi connectivity index (χ1v) is 9.59. The summed E-state index contributed by atoms with van der Waals surface area (Å²) in [5, 5.41) is 5.56. The zero-order valence-corrected chi connectivity index (χ0v) is 16.1. The van der Waals surface area contributed by atoms with E-state index in [4.69, 9.17) is 23.2 Å². The minimum atomic E-state index is -0.294. The number of fused-ring (bicyclic) bond motifs is 1. The predicted octanol–water partition coefficient (Wildman–Crippen LogP) is 5.69. The van der Waals surface area contributed by atoms with Crippen molar-refractivity contribution in [2.45, 2.75) is 6.42 Å². The van der Waals surface area contributed by atoms with E-state index >= 15 is 0 Å². The first-order chi connectivity index (χ1) is 13.0. The Morgan fingerprint density at radius 3 is 2.70 bits per heavy atom. The summed E-state index contributed by atoms with van der Waals surface area (Å²) in [6, 6.07) is 11.0. The van der Waals surface area contributed by atoms with Crippen molar-refractivity contribution in [3.8, 4) is 11.3 Å². The Hall–Kier alpha value is -2.41. The molecule has 2 heterocycles. The smallest absolute Gasteiger partial charge is 0.230 e. The van der Waals surface area contributed by atoms with Crippen LogP contribution in [0, 0.1) is 5.82 Å². The highest BCUT2D eigenvalue weighted by Gasteiger charge is 2.14. The number of amides is 1. The number of nitrogens with one attached hydrogen (secondary N) is 1. The van der Waals surface area contributed by atoms with Gasteiger partial charge in [0.1, 0.15) is 5.82 Å². The molecule has 0 saturated carbocycles. The number of rotatable bonds is 4. The van der Waals surface area contributed by atoms with Gasteiger partial charge in [0.2, 0.25) is 5.91 Å². The summed E-state index contributed by atoms with van der Waals surface area (Å²) in [6.07, 6.45) is 2.01. The number of hydrogen-bond acceptors (Lipinski definition) is 3.